The molecule has 9 heteroatoms. The summed E-state index contributed by atoms with van der Waals surface area (Å²) in [5.74, 6) is -2.18. The van der Waals surface area contributed by atoms with Gasteiger partial charge in [-0.25, -0.2) is 19.6 Å². The Kier molecular flexibility index (Phi) is 7.88. The number of aromatic carboxylic acids is 2. The summed E-state index contributed by atoms with van der Waals surface area (Å²) in [6, 6.07) is 6.28. The average Bonchev–Trinajstić information content (AvgIpc) is 2.45. The van der Waals surface area contributed by atoms with Crippen LogP contribution in [0.15, 0.2) is 46.5 Å². The molecule has 0 fully saturated rings. The van der Waals surface area contributed by atoms with Crippen LogP contribution in [0.5, 0.6) is 0 Å². The van der Waals surface area contributed by atoms with Crippen LogP contribution in [0, 0.1) is 0 Å². The van der Waals surface area contributed by atoms with Crippen LogP contribution >= 0.6 is 21.6 Å². The predicted octanol–water partition coefficient (Wildman–Crippen LogP) is 2.02. The molecule has 0 spiro atoms. The van der Waals surface area contributed by atoms with Crippen molar-refractivity contribution in [1.29, 1.82) is 0 Å². The molecule has 0 amide bonds. The van der Waals surface area contributed by atoms with Gasteiger partial charge in [-0.05, 0) is 24.3 Å². The molecule has 0 radical (unpaired) electrons. The van der Waals surface area contributed by atoms with Crippen molar-refractivity contribution in [2.45, 2.75) is 9.79 Å². The molecule has 2 aromatic rings. The Bertz CT molecular complexity index is 612. The Labute approximate surface area is 170 Å². The normalized spacial score (nSPS) is 9.71. The van der Waals surface area contributed by atoms with Crippen LogP contribution in [0.25, 0.3) is 0 Å². The Morgan fingerprint density at radius 3 is 1.57 bits per heavy atom. The van der Waals surface area contributed by atoms with Crippen LogP contribution in [0.3, 0.4) is 0 Å². The third-order valence-electron chi connectivity index (χ3n) is 2.14. The number of nitrogens with zero attached hydrogens (tertiary/aromatic N) is 2. The molecule has 2 N–H and O–H groups in total. The molecule has 0 saturated heterocycles. The Morgan fingerprint density at radius 2 is 1.24 bits per heavy atom. The zero-order valence-electron chi connectivity index (χ0n) is 9.89. The van der Waals surface area contributed by atoms with E-state index < -0.39 is 11.9 Å². The predicted molar refractivity (Wildman–Crippen MR) is 81.3 cm³/mol. The van der Waals surface area contributed by atoms with Crippen molar-refractivity contribution in [3.8, 4) is 0 Å². The number of carboxylic acid groups (broad SMARTS) is 2. The SMILES string of the molecule is O=C(O)c1cc(SSc2ccnc(C(=O)O)c2)ccn1.[KH]. The van der Waals surface area contributed by atoms with Crippen LogP contribution < -0.4 is 0 Å². The number of aromatic nitrogens is 2. The molecule has 2 heterocycles. The molecule has 6 nitrogen and oxygen atoms in total. The van der Waals surface area contributed by atoms with Crippen LogP contribution in [0.2, 0.25) is 0 Å². The van der Waals surface area contributed by atoms with E-state index in [0.29, 0.717) is 0 Å². The fourth-order valence-corrected chi connectivity index (χ4v) is 3.20. The first-order valence-electron chi connectivity index (χ1n) is 5.29. The number of hydrogen-bond donors (Lipinski definition) is 2. The third kappa shape index (κ3) is 5.70. The molecule has 104 valence electrons. The minimum absolute atomic E-state index is 0. The summed E-state index contributed by atoms with van der Waals surface area (Å²) < 4.78 is 0. The Balaban J connectivity index is 0.00000220. The van der Waals surface area contributed by atoms with Gasteiger partial charge in [0, 0.05) is 22.2 Å². The monoisotopic (exact) mass is 348 g/mol. The standard InChI is InChI=1S/C12H8N2O4S2.K.H/c15-11(16)9-5-7(1-3-13-9)19-20-8-2-4-14-10(6-8)12(17)18;;/h1-6H,(H,15,16)(H,17,18);;. The summed E-state index contributed by atoms with van der Waals surface area (Å²) in [7, 11) is 2.64. The molecule has 0 saturated carbocycles. The fourth-order valence-electron chi connectivity index (χ4n) is 1.26. The topological polar surface area (TPSA) is 100 Å². The van der Waals surface area contributed by atoms with Gasteiger partial charge in [-0.1, -0.05) is 21.6 Å². The summed E-state index contributed by atoms with van der Waals surface area (Å²) >= 11 is 0. The summed E-state index contributed by atoms with van der Waals surface area (Å²) in [4.78, 5) is 30.5. The zero-order valence-corrected chi connectivity index (χ0v) is 11.5. The van der Waals surface area contributed by atoms with Gasteiger partial charge in [0.1, 0.15) is 11.4 Å². The first-order valence-corrected chi connectivity index (χ1v) is 7.44. The van der Waals surface area contributed by atoms with Crippen molar-refractivity contribution < 1.29 is 19.8 Å². The van der Waals surface area contributed by atoms with Gasteiger partial charge in [0.15, 0.2) is 0 Å². The molecule has 0 aromatic carbocycles. The van der Waals surface area contributed by atoms with Crippen molar-refractivity contribution in [1.82, 2.24) is 9.97 Å². The van der Waals surface area contributed by atoms with Gasteiger partial charge < -0.3 is 10.2 Å². The molecule has 0 aliphatic heterocycles. The van der Waals surface area contributed by atoms with Gasteiger partial charge in [-0.15, -0.1) is 0 Å². The van der Waals surface area contributed by atoms with E-state index in [1.54, 1.807) is 12.1 Å². The number of carboxylic acids is 2. The van der Waals surface area contributed by atoms with E-state index >= 15 is 0 Å². The van der Waals surface area contributed by atoms with Crippen LogP contribution in [-0.2, 0) is 0 Å². The van der Waals surface area contributed by atoms with E-state index in [-0.39, 0.29) is 62.8 Å². The maximum absolute atomic E-state index is 10.8. The minimum atomic E-state index is -1.09. The van der Waals surface area contributed by atoms with E-state index in [4.69, 9.17) is 10.2 Å². The van der Waals surface area contributed by atoms with E-state index in [0.717, 1.165) is 9.79 Å². The van der Waals surface area contributed by atoms with Gasteiger partial charge in [0.05, 0.1) is 0 Å². The van der Waals surface area contributed by atoms with E-state index in [9.17, 15) is 9.59 Å². The van der Waals surface area contributed by atoms with E-state index in [2.05, 4.69) is 9.97 Å². The summed E-state index contributed by atoms with van der Waals surface area (Å²) in [6.45, 7) is 0. The van der Waals surface area contributed by atoms with Crippen LogP contribution in [-0.4, -0.2) is 83.5 Å². The van der Waals surface area contributed by atoms with Gasteiger partial charge in [-0.3, -0.25) is 0 Å². The second-order valence-corrected chi connectivity index (χ2v) is 5.81. The molecule has 0 unspecified atom stereocenters. The van der Waals surface area contributed by atoms with E-state index in [1.807, 2.05) is 0 Å². The summed E-state index contributed by atoms with van der Waals surface area (Å²) in [5, 5.41) is 17.7. The van der Waals surface area contributed by atoms with E-state index in [1.165, 1.54) is 46.1 Å². The molecule has 2 rings (SSSR count). The molecular weight excluding hydrogens is 339 g/mol. The van der Waals surface area contributed by atoms with Crippen molar-refractivity contribution in [3.05, 3.63) is 48.0 Å². The van der Waals surface area contributed by atoms with Crippen LogP contribution in [0.1, 0.15) is 21.0 Å². The van der Waals surface area contributed by atoms with Crippen LogP contribution in [0.4, 0.5) is 0 Å². The Hall–Kier alpha value is -0.424. The molecule has 2 aromatic heterocycles. The number of rotatable bonds is 5. The van der Waals surface area contributed by atoms with Crippen molar-refractivity contribution in [2.24, 2.45) is 0 Å². The molecule has 0 atom stereocenters. The first-order chi connectivity index (χ1) is 9.56. The molecule has 0 aliphatic rings. The maximum atomic E-state index is 10.8. The number of carbonyl (C=O) groups is 2. The Morgan fingerprint density at radius 1 is 0.857 bits per heavy atom. The number of pyridine rings is 2. The van der Waals surface area contributed by atoms with Gasteiger partial charge >= 0.3 is 63.3 Å². The summed E-state index contributed by atoms with van der Waals surface area (Å²) in [6.07, 6.45) is 2.84. The molecule has 21 heavy (non-hydrogen) atoms. The molecule has 0 aliphatic carbocycles. The van der Waals surface area contributed by atoms with Gasteiger partial charge in [-0.2, -0.15) is 0 Å². The van der Waals surface area contributed by atoms with Crippen molar-refractivity contribution >= 4 is 84.9 Å². The fraction of sp³-hybridized carbons (Fsp3) is 0. The average molecular weight is 348 g/mol. The molecular formula is C12H9KN2O4S2. The number of hydrogen-bond acceptors (Lipinski definition) is 6. The van der Waals surface area contributed by atoms with Crippen molar-refractivity contribution in [2.75, 3.05) is 0 Å². The van der Waals surface area contributed by atoms with Gasteiger partial charge in [0.2, 0.25) is 0 Å². The second kappa shape index (κ2) is 8.88. The molecule has 0 bridgehead atoms. The summed E-state index contributed by atoms with van der Waals surface area (Å²) in [5.41, 5.74) is -0.0619. The van der Waals surface area contributed by atoms with Crippen molar-refractivity contribution in [3.63, 3.8) is 0 Å². The first kappa shape index (κ1) is 18.6. The zero-order chi connectivity index (χ0) is 14.5. The van der Waals surface area contributed by atoms with Gasteiger partial charge in [0.25, 0.3) is 0 Å². The third-order valence-corrected chi connectivity index (χ3v) is 4.52. The second-order valence-electron chi connectivity index (χ2n) is 3.53. The quantitative estimate of drug-likeness (QED) is 0.625.